The van der Waals surface area contributed by atoms with Gasteiger partial charge in [0.05, 0.1) is 0 Å². The second-order valence-electron chi connectivity index (χ2n) is 1.62. The molecule has 0 aliphatic carbocycles. The van der Waals surface area contributed by atoms with Crippen molar-refractivity contribution in [3.05, 3.63) is 0 Å². The van der Waals surface area contributed by atoms with E-state index in [1.165, 1.54) is 0 Å². The number of hydrogen-bond acceptors (Lipinski definition) is 1. The first-order chi connectivity index (χ1) is 2.56. The molecule has 0 aromatic heterocycles. The van der Waals surface area contributed by atoms with Gasteiger partial charge in [-0.25, -0.2) is 0 Å². The quantitative estimate of drug-likeness (QED) is 0.414. The van der Waals surface area contributed by atoms with Gasteiger partial charge in [0.2, 0.25) is 0 Å². The molecular formula is C2H8ClNSi2. The average molecular weight is 138 g/mol. The highest BCUT2D eigenvalue weighted by Crippen LogP contribution is 2.00. The summed E-state index contributed by atoms with van der Waals surface area (Å²) in [7, 11) is 0.471. The zero-order valence-electron chi connectivity index (χ0n) is 3.96. The Bertz CT molecular complexity index is 41.3. The molecule has 0 fully saturated rings. The molecule has 0 atom stereocenters. The summed E-state index contributed by atoms with van der Waals surface area (Å²) in [4.78, 5) is 0. The van der Waals surface area contributed by atoms with Gasteiger partial charge in [0.15, 0.2) is 6.90 Å². The van der Waals surface area contributed by atoms with Crippen LogP contribution in [0.15, 0.2) is 0 Å². The van der Waals surface area contributed by atoms with Crippen LogP contribution in [0.4, 0.5) is 0 Å². The predicted molar refractivity (Wildman–Crippen MR) is 33.3 cm³/mol. The molecule has 0 heterocycles. The highest BCUT2D eigenvalue weighted by Gasteiger charge is 2.13. The first kappa shape index (κ1) is 6.68. The molecule has 0 amide bonds. The summed E-state index contributed by atoms with van der Waals surface area (Å²) < 4.78 is 0. The average Bonchev–Trinajstić information content (AvgIpc) is 1.35. The Hall–Kier alpha value is 0.684. The van der Waals surface area contributed by atoms with Crippen molar-refractivity contribution < 1.29 is 0 Å². The zero-order chi connectivity index (χ0) is 5.21. The van der Waals surface area contributed by atoms with Crippen molar-refractivity contribution in [1.29, 1.82) is 0 Å². The van der Waals surface area contributed by atoms with Gasteiger partial charge in [0, 0.05) is 0 Å². The standard InChI is InChI=1S/C2H8ClNSi2/c1-6(2,3)5-4/h4H2,1-2H3. The van der Waals surface area contributed by atoms with Gasteiger partial charge in [-0.05, 0) is 0 Å². The van der Waals surface area contributed by atoms with E-state index in [0.29, 0.717) is 9.20 Å². The van der Waals surface area contributed by atoms with Crippen LogP contribution in [0.25, 0.3) is 0 Å². The molecule has 36 valence electrons. The third-order valence-corrected chi connectivity index (χ3v) is 4.07. The normalized spacial score (nSPS) is 12.0. The minimum Gasteiger partial charge on any atom is -0.354 e. The Morgan fingerprint density at radius 2 is 1.83 bits per heavy atom. The lowest BCUT2D eigenvalue weighted by atomic mass is 11.9. The fourth-order valence-corrected chi connectivity index (χ4v) is 0. The van der Waals surface area contributed by atoms with Gasteiger partial charge >= 0.3 is 0 Å². The lowest BCUT2D eigenvalue weighted by Crippen LogP contribution is -2.33. The minimum absolute atomic E-state index is 0.471. The van der Waals surface area contributed by atoms with Crippen LogP contribution >= 0.6 is 11.1 Å². The van der Waals surface area contributed by atoms with Crippen molar-refractivity contribution in [2.24, 2.45) is 5.40 Å². The van der Waals surface area contributed by atoms with Crippen molar-refractivity contribution in [2.75, 3.05) is 0 Å². The molecule has 6 heavy (non-hydrogen) atoms. The maximum atomic E-state index is 5.74. The molecule has 1 nitrogen and oxygen atoms in total. The molecule has 0 unspecified atom stereocenters. The summed E-state index contributed by atoms with van der Waals surface area (Å²) in [5, 5.41) is 5.26. The van der Waals surface area contributed by atoms with E-state index in [1.807, 2.05) is 13.1 Å². The third kappa shape index (κ3) is 4.68. The molecule has 4 heteroatoms. The van der Waals surface area contributed by atoms with Crippen LogP contribution in [0, 0.1) is 0 Å². The lowest BCUT2D eigenvalue weighted by Gasteiger charge is -2.03. The van der Waals surface area contributed by atoms with Gasteiger partial charge in [-0.1, -0.05) is 13.1 Å². The fraction of sp³-hybridized carbons (Fsp3) is 1.00. The van der Waals surface area contributed by atoms with Gasteiger partial charge in [0.25, 0.3) is 0 Å². The Balaban J connectivity index is 3.17. The maximum Gasteiger partial charge on any atom is 0.154 e. The van der Waals surface area contributed by atoms with Crippen molar-refractivity contribution in [1.82, 2.24) is 0 Å². The second kappa shape index (κ2) is 2.11. The molecule has 2 radical (unpaired) electrons. The van der Waals surface area contributed by atoms with E-state index < -0.39 is 6.90 Å². The summed E-state index contributed by atoms with van der Waals surface area (Å²) in [5.74, 6) is 0. The van der Waals surface area contributed by atoms with Gasteiger partial charge in [0.1, 0.15) is 9.20 Å². The summed E-state index contributed by atoms with van der Waals surface area (Å²) in [6, 6.07) is 0. The van der Waals surface area contributed by atoms with Crippen molar-refractivity contribution in [3.63, 3.8) is 0 Å². The SMILES string of the molecule is C[Si](C)(Cl)[Si]N. The highest BCUT2D eigenvalue weighted by atomic mass is 35.6. The van der Waals surface area contributed by atoms with E-state index in [0.717, 1.165) is 0 Å². The topological polar surface area (TPSA) is 26.0 Å². The van der Waals surface area contributed by atoms with Crippen LogP contribution in [0.2, 0.25) is 13.1 Å². The monoisotopic (exact) mass is 137 g/mol. The number of rotatable bonds is 1. The van der Waals surface area contributed by atoms with Gasteiger partial charge in [-0.15, -0.1) is 0 Å². The van der Waals surface area contributed by atoms with Crippen LogP contribution < -0.4 is 5.40 Å². The Kier molecular flexibility index (Phi) is 2.35. The summed E-state index contributed by atoms with van der Waals surface area (Å²) in [6.07, 6.45) is 0. The zero-order valence-corrected chi connectivity index (χ0v) is 6.71. The summed E-state index contributed by atoms with van der Waals surface area (Å²) in [5.41, 5.74) is 0. The molecule has 0 aliphatic rings. The lowest BCUT2D eigenvalue weighted by molar-refractivity contribution is 1.91. The van der Waals surface area contributed by atoms with Crippen LogP contribution in [-0.2, 0) is 0 Å². The van der Waals surface area contributed by atoms with E-state index in [9.17, 15) is 0 Å². The Morgan fingerprint density at radius 3 is 1.83 bits per heavy atom. The molecule has 0 spiro atoms. The molecule has 0 aliphatic heterocycles. The van der Waals surface area contributed by atoms with Crippen LogP contribution in [0.1, 0.15) is 0 Å². The summed E-state index contributed by atoms with van der Waals surface area (Å²) >= 11 is 5.74. The number of hydrogen-bond donors (Lipinski definition) is 1. The summed E-state index contributed by atoms with van der Waals surface area (Å²) in [6.45, 7) is 2.72. The second-order valence-corrected chi connectivity index (χ2v) is 13.3. The minimum atomic E-state index is -1.35. The molecule has 0 aromatic rings. The van der Waals surface area contributed by atoms with Crippen molar-refractivity contribution >= 4 is 27.2 Å². The first-order valence-electron chi connectivity index (χ1n) is 1.73. The molecule has 0 saturated carbocycles. The molecule has 0 saturated heterocycles. The van der Waals surface area contributed by atoms with Gasteiger partial charge < -0.3 is 5.40 Å². The smallest absolute Gasteiger partial charge is 0.154 e. The number of nitrogens with two attached hydrogens (primary N) is 1. The molecule has 0 aromatic carbocycles. The van der Waals surface area contributed by atoms with Crippen LogP contribution in [0.3, 0.4) is 0 Å². The fourth-order valence-electron chi connectivity index (χ4n) is 0. The molecular weight excluding hydrogens is 130 g/mol. The third-order valence-electron chi connectivity index (χ3n) is 0.343. The largest absolute Gasteiger partial charge is 0.354 e. The maximum absolute atomic E-state index is 5.74. The number of halogens is 1. The van der Waals surface area contributed by atoms with Gasteiger partial charge in [-0.2, -0.15) is 11.1 Å². The van der Waals surface area contributed by atoms with Crippen molar-refractivity contribution in [2.45, 2.75) is 13.1 Å². The van der Waals surface area contributed by atoms with E-state index in [-0.39, 0.29) is 0 Å². The molecule has 0 bridgehead atoms. The molecule has 2 N–H and O–H groups in total. The first-order valence-corrected chi connectivity index (χ1v) is 7.82. The Labute approximate surface area is 46.3 Å². The van der Waals surface area contributed by atoms with E-state index in [2.05, 4.69) is 0 Å². The van der Waals surface area contributed by atoms with E-state index in [4.69, 9.17) is 16.5 Å². The highest BCUT2D eigenvalue weighted by molar-refractivity contribution is 7.46. The van der Waals surface area contributed by atoms with E-state index >= 15 is 0 Å². The van der Waals surface area contributed by atoms with Crippen LogP contribution in [-0.4, -0.2) is 16.1 Å². The Morgan fingerprint density at radius 1 is 1.67 bits per heavy atom. The molecule has 0 rings (SSSR count). The van der Waals surface area contributed by atoms with Crippen molar-refractivity contribution in [3.8, 4) is 0 Å². The van der Waals surface area contributed by atoms with Gasteiger partial charge in [-0.3, -0.25) is 0 Å². The van der Waals surface area contributed by atoms with Crippen LogP contribution in [0.5, 0.6) is 0 Å². The predicted octanol–water partition coefficient (Wildman–Crippen LogP) is 0.505. The van der Waals surface area contributed by atoms with E-state index in [1.54, 1.807) is 0 Å².